The second kappa shape index (κ2) is 4.85. The van der Waals surface area contributed by atoms with E-state index in [4.69, 9.17) is 9.52 Å². The Morgan fingerprint density at radius 2 is 2.21 bits per heavy atom. The molecule has 0 aliphatic heterocycles. The van der Waals surface area contributed by atoms with Crippen LogP contribution in [0.3, 0.4) is 0 Å². The minimum Gasteiger partial charge on any atom is -0.478 e. The first-order chi connectivity index (χ1) is 9.22. The number of aromatic carboxylic acids is 1. The van der Waals surface area contributed by atoms with Gasteiger partial charge in [-0.25, -0.2) is 9.78 Å². The van der Waals surface area contributed by atoms with Crippen molar-refractivity contribution < 1.29 is 14.3 Å². The molecule has 0 radical (unpaired) electrons. The number of benzene rings is 1. The Kier molecular flexibility index (Phi) is 3.05. The number of rotatable bonds is 4. The Morgan fingerprint density at radius 1 is 1.32 bits per heavy atom. The molecule has 0 unspecified atom stereocenters. The molecule has 3 aromatic rings. The van der Waals surface area contributed by atoms with E-state index in [-0.39, 0.29) is 5.56 Å². The second-order valence-corrected chi connectivity index (χ2v) is 5.21. The molecule has 2 aromatic heterocycles. The molecule has 0 aliphatic rings. The topological polar surface area (TPSA) is 63.3 Å². The van der Waals surface area contributed by atoms with E-state index in [1.807, 2.05) is 11.4 Å². The summed E-state index contributed by atoms with van der Waals surface area (Å²) in [6, 6.07) is 8.82. The zero-order valence-corrected chi connectivity index (χ0v) is 10.8. The van der Waals surface area contributed by atoms with E-state index in [1.54, 1.807) is 17.4 Å². The summed E-state index contributed by atoms with van der Waals surface area (Å²) in [5, 5.41) is 11.0. The number of carboxylic acid groups (broad SMARTS) is 1. The van der Waals surface area contributed by atoms with Crippen LogP contribution in [0.5, 0.6) is 0 Å². The van der Waals surface area contributed by atoms with Gasteiger partial charge in [-0.1, -0.05) is 6.07 Å². The van der Waals surface area contributed by atoms with Gasteiger partial charge in [-0.15, -0.1) is 11.3 Å². The Bertz CT molecular complexity index is 715. The molecule has 2 heterocycles. The number of hydrogen-bond donors (Lipinski definition) is 1. The molecular weight excluding hydrogens is 262 g/mol. The molecule has 5 heteroatoms. The van der Waals surface area contributed by atoms with Gasteiger partial charge in [-0.05, 0) is 36.1 Å². The van der Waals surface area contributed by atoms with Gasteiger partial charge >= 0.3 is 5.97 Å². The van der Waals surface area contributed by atoms with Crippen LogP contribution in [0.2, 0.25) is 0 Å². The highest BCUT2D eigenvalue weighted by molar-refractivity contribution is 7.09. The molecule has 0 aliphatic carbocycles. The van der Waals surface area contributed by atoms with Crippen LogP contribution in [0.25, 0.3) is 11.1 Å². The van der Waals surface area contributed by atoms with Gasteiger partial charge in [0.05, 0.1) is 5.56 Å². The van der Waals surface area contributed by atoms with Crippen molar-refractivity contribution in [3.05, 3.63) is 52.0 Å². The van der Waals surface area contributed by atoms with E-state index >= 15 is 0 Å². The van der Waals surface area contributed by atoms with E-state index in [9.17, 15) is 4.79 Å². The largest absolute Gasteiger partial charge is 0.478 e. The van der Waals surface area contributed by atoms with Gasteiger partial charge in [0.15, 0.2) is 11.5 Å². The number of nitrogens with zero attached hydrogens (tertiary/aromatic N) is 1. The molecule has 0 atom stereocenters. The van der Waals surface area contributed by atoms with E-state index in [0.717, 1.165) is 12.8 Å². The summed E-state index contributed by atoms with van der Waals surface area (Å²) in [5.74, 6) is -0.309. The molecular formula is C14H11NO3S. The van der Waals surface area contributed by atoms with Gasteiger partial charge in [0.2, 0.25) is 0 Å². The fourth-order valence-corrected chi connectivity index (χ4v) is 2.61. The maximum Gasteiger partial charge on any atom is 0.335 e. The molecule has 0 spiro atoms. The zero-order valence-electron chi connectivity index (χ0n) is 10.00. The molecule has 1 N–H and O–H groups in total. The third kappa shape index (κ3) is 2.51. The molecule has 0 saturated carbocycles. The molecule has 1 aromatic carbocycles. The highest BCUT2D eigenvalue weighted by Crippen LogP contribution is 2.19. The summed E-state index contributed by atoms with van der Waals surface area (Å²) >= 11 is 1.71. The van der Waals surface area contributed by atoms with Gasteiger partial charge in [-0.3, -0.25) is 0 Å². The first-order valence-electron chi connectivity index (χ1n) is 5.87. The van der Waals surface area contributed by atoms with Crippen LogP contribution in [0.15, 0.2) is 40.1 Å². The monoisotopic (exact) mass is 273 g/mol. The Morgan fingerprint density at radius 3 is 2.95 bits per heavy atom. The predicted molar refractivity (Wildman–Crippen MR) is 72.7 cm³/mol. The first kappa shape index (κ1) is 11.9. The third-order valence-corrected chi connectivity index (χ3v) is 3.78. The minimum absolute atomic E-state index is 0.227. The van der Waals surface area contributed by atoms with E-state index in [2.05, 4.69) is 11.1 Å². The van der Waals surface area contributed by atoms with Gasteiger partial charge in [0, 0.05) is 11.3 Å². The Hall–Kier alpha value is -2.14. The highest BCUT2D eigenvalue weighted by atomic mass is 32.1. The fourth-order valence-electron chi connectivity index (χ4n) is 1.90. The van der Waals surface area contributed by atoms with Crippen LogP contribution in [-0.2, 0) is 12.8 Å². The number of thiophene rings is 1. The third-order valence-electron chi connectivity index (χ3n) is 2.84. The number of aryl methyl sites for hydroxylation is 2. The van der Waals surface area contributed by atoms with Crippen molar-refractivity contribution in [2.24, 2.45) is 0 Å². The smallest absolute Gasteiger partial charge is 0.335 e. The molecule has 0 fully saturated rings. The number of carboxylic acids is 1. The Labute approximate surface area is 113 Å². The summed E-state index contributed by atoms with van der Waals surface area (Å²) in [7, 11) is 0. The van der Waals surface area contributed by atoms with Crippen LogP contribution < -0.4 is 0 Å². The average Bonchev–Trinajstić information content (AvgIpc) is 3.04. The summed E-state index contributed by atoms with van der Waals surface area (Å²) < 4.78 is 5.60. The SMILES string of the molecule is O=C(O)c1ccc2oc(CCc3cccs3)nc2c1. The normalized spacial score (nSPS) is 10.9. The van der Waals surface area contributed by atoms with E-state index in [1.165, 1.54) is 17.0 Å². The number of oxazole rings is 1. The lowest BCUT2D eigenvalue weighted by Gasteiger charge is -1.92. The molecule has 0 amide bonds. The summed E-state index contributed by atoms with van der Waals surface area (Å²) in [6.45, 7) is 0. The minimum atomic E-state index is -0.954. The van der Waals surface area contributed by atoms with E-state index in [0.29, 0.717) is 17.0 Å². The molecule has 4 nitrogen and oxygen atoms in total. The number of carbonyl (C=O) groups is 1. The molecule has 0 saturated heterocycles. The second-order valence-electron chi connectivity index (χ2n) is 4.17. The van der Waals surface area contributed by atoms with Gasteiger partial charge in [-0.2, -0.15) is 0 Å². The lowest BCUT2D eigenvalue weighted by molar-refractivity contribution is 0.0697. The number of aromatic nitrogens is 1. The Balaban J connectivity index is 1.83. The maximum absolute atomic E-state index is 10.9. The maximum atomic E-state index is 10.9. The van der Waals surface area contributed by atoms with Crippen LogP contribution >= 0.6 is 11.3 Å². The molecule has 0 bridgehead atoms. The van der Waals surface area contributed by atoms with Crippen LogP contribution in [0, 0.1) is 0 Å². The standard InChI is InChI=1S/C14H11NO3S/c16-14(17)9-3-5-12-11(8-9)15-13(18-12)6-4-10-2-1-7-19-10/h1-3,5,7-8H,4,6H2,(H,16,17). The number of fused-ring (bicyclic) bond motifs is 1. The van der Waals surface area contributed by atoms with Crippen molar-refractivity contribution in [3.8, 4) is 0 Å². The van der Waals surface area contributed by atoms with Gasteiger partial charge in [0.25, 0.3) is 0 Å². The van der Waals surface area contributed by atoms with Crippen molar-refractivity contribution in [2.45, 2.75) is 12.8 Å². The van der Waals surface area contributed by atoms with Crippen LogP contribution in [0.4, 0.5) is 0 Å². The van der Waals surface area contributed by atoms with E-state index < -0.39 is 5.97 Å². The van der Waals surface area contributed by atoms with Crippen molar-refractivity contribution in [3.63, 3.8) is 0 Å². The zero-order chi connectivity index (χ0) is 13.2. The fraction of sp³-hybridized carbons (Fsp3) is 0.143. The predicted octanol–water partition coefficient (Wildman–Crippen LogP) is 3.37. The van der Waals surface area contributed by atoms with Crippen LogP contribution in [0.1, 0.15) is 21.1 Å². The van der Waals surface area contributed by atoms with Crippen molar-refractivity contribution in [2.75, 3.05) is 0 Å². The highest BCUT2D eigenvalue weighted by Gasteiger charge is 2.09. The molecule has 19 heavy (non-hydrogen) atoms. The van der Waals surface area contributed by atoms with Crippen LogP contribution in [-0.4, -0.2) is 16.1 Å². The number of hydrogen-bond acceptors (Lipinski definition) is 4. The lowest BCUT2D eigenvalue weighted by Crippen LogP contribution is -1.94. The first-order valence-corrected chi connectivity index (χ1v) is 6.75. The van der Waals surface area contributed by atoms with Gasteiger partial charge < -0.3 is 9.52 Å². The lowest BCUT2D eigenvalue weighted by atomic mass is 10.2. The van der Waals surface area contributed by atoms with Crippen molar-refractivity contribution in [1.82, 2.24) is 4.98 Å². The van der Waals surface area contributed by atoms with Crippen molar-refractivity contribution >= 4 is 28.4 Å². The quantitative estimate of drug-likeness (QED) is 0.791. The van der Waals surface area contributed by atoms with Crippen molar-refractivity contribution in [1.29, 1.82) is 0 Å². The van der Waals surface area contributed by atoms with Gasteiger partial charge in [0.1, 0.15) is 5.52 Å². The summed E-state index contributed by atoms with van der Waals surface area (Å²) in [6.07, 6.45) is 1.61. The summed E-state index contributed by atoms with van der Waals surface area (Å²) in [5.41, 5.74) is 1.46. The average molecular weight is 273 g/mol. The molecule has 96 valence electrons. The molecule has 3 rings (SSSR count). The summed E-state index contributed by atoms with van der Waals surface area (Å²) in [4.78, 5) is 16.5.